The lowest BCUT2D eigenvalue weighted by Gasteiger charge is -2.19. The van der Waals surface area contributed by atoms with Crippen LogP contribution in [0.5, 0.6) is 5.75 Å². The minimum absolute atomic E-state index is 0.106. The fourth-order valence-electron chi connectivity index (χ4n) is 3.94. The molecule has 2 heterocycles. The molecule has 0 aliphatic carbocycles. The quantitative estimate of drug-likeness (QED) is 0.840. The Morgan fingerprint density at radius 1 is 1.14 bits per heavy atom. The molecule has 2 aromatic carbocycles. The minimum atomic E-state index is -0.481. The molecule has 2 aromatic rings. The fraction of sp³-hybridized carbons (Fsp3) is 0.364. The molecule has 152 valence electrons. The van der Waals surface area contributed by atoms with Crippen LogP contribution in [-0.4, -0.2) is 38.6 Å². The number of carbonyl (C=O) groups is 2. The summed E-state index contributed by atoms with van der Waals surface area (Å²) in [7, 11) is 1.58. The molecule has 29 heavy (non-hydrogen) atoms. The zero-order chi connectivity index (χ0) is 20.4. The molecule has 1 unspecified atom stereocenters. The maximum Gasteiger partial charge on any atom is 0.229 e. The highest BCUT2D eigenvalue weighted by atomic mass is 19.1. The van der Waals surface area contributed by atoms with E-state index < -0.39 is 5.92 Å². The number of hydrogen-bond acceptors (Lipinski definition) is 4. The second-order valence-electron chi connectivity index (χ2n) is 7.45. The molecule has 2 aliphatic heterocycles. The first-order valence-electron chi connectivity index (χ1n) is 9.85. The predicted octanol–water partition coefficient (Wildman–Crippen LogP) is 3.43. The first kappa shape index (κ1) is 19.2. The van der Waals surface area contributed by atoms with Gasteiger partial charge < -0.3 is 19.9 Å². The molecule has 0 bridgehead atoms. The van der Waals surface area contributed by atoms with Crippen molar-refractivity contribution in [2.24, 2.45) is 5.92 Å². The van der Waals surface area contributed by atoms with Crippen LogP contribution in [0.15, 0.2) is 42.5 Å². The lowest BCUT2D eigenvalue weighted by atomic mass is 10.1. The summed E-state index contributed by atoms with van der Waals surface area (Å²) >= 11 is 0. The zero-order valence-electron chi connectivity index (χ0n) is 16.4. The van der Waals surface area contributed by atoms with Gasteiger partial charge in [-0.15, -0.1) is 0 Å². The second kappa shape index (κ2) is 8.11. The van der Waals surface area contributed by atoms with Gasteiger partial charge in [0.2, 0.25) is 11.8 Å². The Bertz CT molecular complexity index is 910. The van der Waals surface area contributed by atoms with Crippen molar-refractivity contribution in [2.45, 2.75) is 19.3 Å². The van der Waals surface area contributed by atoms with Crippen molar-refractivity contribution in [3.63, 3.8) is 0 Å². The van der Waals surface area contributed by atoms with Crippen molar-refractivity contribution in [3.05, 3.63) is 48.3 Å². The van der Waals surface area contributed by atoms with E-state index in [0.717, 1.165) is 31.6 Å². The van der Waals surface area contributed by atoms with Crippen LogP contribution in [0, 0.1) is 11.7 Å². The van der Waals surface area contributed by atoms with Gasteiger partial charge in [0.05, 0.1) is 18.7 Å². The summed E-state index contributed by atoms with van der Waals surface area (Å²) in [4.78, 5) is 28.7. The standard InChI is InChI=1S/C22H24FN3O3/c1-29-18-7-5-17(6-8-18)26-14-15(12-21(26)27)22(28)24-16-4-9-20(19(23)13-16)25-10-2-3-11-25/h4-9,13,15H,2-3,10-12,14H2,1H3,(H,24,28). The van der Waals surface area contributed by atoms with Gasteiger partial charge >= 0.3 is 0 Å². The molecule has 0 radical (unpaired) electrons. The highest BCUT2D eigenvalue weighted by Gasteiger charge is 2.35. The molecular formula is C22H24FN3O3. The van der Waals surface area contributed by atoms with E-state index in [0.29, 0.717) is 23.7 Å². The van der Waals surface area contributed by atoms with Crippen molar-refractivity contribution in [1.29, 1.82) is 0 Å². The molecule has 6 nitrogen and oxygen atoms in total. The van der Waals surface area contributed by atoms with E-state index in [1.54, 1.807) is 48.4 Å². The van der Waals surface area contributed by atoms with Crippen molar-refractivity contribution in [1.82, 2.24) is 0 Å². The van der Waals surface area contributed by atoms with E-state index in [-0.39, 0.29) is 24.1 Å². The summed E-state index contributed by atoms with van der Waals surface area (Å²) in [6.45, 7) is 2.01. The number of halogens is 1. The summed E-state index contributed by atoms with van der Waals surface area (Å²) in [6.07, 6.45) is 2.27. The average Bonchev–Trinajstić information content (AvgIpc) is 3.38. The smallest absolute Gasteiger partial charge is 0.229 e. The lowest BCUT2D eigenvalue weighted by molar-refractivity contribution is -0.122. The van der Waals surface area contributed by atoms with Crippen LogP contribution in [0.25, 0.3) is 0 Å². The van der Waals surface area contributed by atoms with E-state index >= 15 is 0 Å². The SMILES string of the molecule is COc1ccc(N2CC(C(=O)Nc3ccc(N4CCCC4)c(F)c3)CC2=O)cc1. The molecule has 2 saturated heterocycles. The van der Waals surface area contributed by atoms with Crippen molar-refractivity contribution in [3.8, 4) is 5.75 Å². The summed E-state index contributed by atoms with van der Waals surface area (Å²) in [6, 6.07) is 11.9. The molecule has 7 heteroatoms. The second-order valence-corrected chi connectivity index (χ2v) is 7.45. The normalized spacial score (nSPS) is 19.0. The molecule has 2 amide bonds. The highest BCUT2D eigenvalue weighted by molar-refractivity contribution is 6.03. The van der Waals surface area contributed by atoms with E-state index in [1.165, 1.54) is 6.07 Å². The van der Waals surface area contributed by atoms with Crippen LogP contribution < -0.4 is 19.9 Å². The summed E-state index contributed by atoms with van der Waals surface area (Å²) in [5.74, 6) is -0.499. The first-order valence-corrected chi connectivity index (χ1v) is 9.85. The Hall–Kier alpha value is -3.09. The first-order chi connectivity index (χ1) is 14.0. The number of rotatable bonds is 5. The highest BCUT2D eigenvalue weighted by Crippen LogP contribution is 2.29. The van der Waals surface area contributed by atoms with Crippen LogP contribution in [0.3, 0.4) is 0 Å². The molecule has 2 aliphatic rings. The monoisotopic (exact) mass is 397 g/mol. The molecule has 0 saturated carbocycles. The Morgan fingerprint density at radius 3 is 2.52 bits per heavy atom. The number of nitrogens with zero attached hydrogens (tertiary/aromatic N) is 2. The third-order valence-electron chi connectivity index (χ3n) is 5.54. The molecule has 2 fully saturated rings. The number of anilines is 3. The zero-order valence-corrected chi connectivity index (χ0v) is 16.4. The number of benzene rings is 2. The molecule has 4 rings (SSSR count). The van der Waals surface area contributed by atoms with Crippen LogP contribution in [0.2, 0.25) is 0 Å². The molecule has 0 aromatic heterocycles. The molecule has 1 atom stereocenters. The van der Waals surface area contributed by atoms with Crippen molar-refractivity contribution >= 4 is 28.9 Å². The van der Waals surface area contributed by atoms with E-state index in [2.05, 4.69) is 5.32 Å². The summed E-state index contributed by atoms with van der Waals surface area (Å²) < 4.78 is 19.6. The maximum absolute atomic E-state index is 14.5. The van der Waals surface area contributed by atoms with E-state index in [4.69, 9.17) is 4.74 Å². The van der Waals surface area contributed by atoms with E-state index in [1.807, 2.05) is 4.90 Å². The van der Waals surface area contributed by atoms with Gasteiger partial charge in [0.1, 0.15) is 11.6 Å². The summed E-state index contributed by atoms with van der Waals surface area (Å²) in [5, 5.41) is 2.76. The van der Waals surface area contributed by atoms with Crippen LogP contribution in [-0.2, 0) is 9.59 Å². The Kier molecular flexibility index (Phi) is 5.38. The van der Waals surface area contributed by atoms with Crippen LogP contribution in [0.1, 0.15) is 19.3 Å². The number of amides is 2. The van der Waals surface area contributed by atoms with Gasteiger partial charge in [-0.3, -0.25) is 9.59 Å². The number of hydrogen-bond donors (Lipinski definition) is 1. The molecule has 0 spiro atoms. The lowest BCUT2D eigenvalue weighted by Crippen LogP contribution is -2.28. The van der Waals surface area contributed by atoms with Gasteiger partial charge in [-0.05, 0) is 55.3 Å². The third-order valence-corrected chi connectivity index (χ3v) is 5.54. The topological polar surface area (TPSA) is 61.9 Å². The van der Waals surface area contributed by atoms with E-state index in [9.17, 15) is 14.0 Å². The number of ether oxygens (including phenoxy) is 1. The van der Waals surface area contributed by atoms with Gasteiger partial charge in [-0.25, -0.2) is 4.39 Å². The van der Waals surface area contributed by atoms with Crippen molar-refractivity contribution in [2.75, 3.05) is 41.9 Å². The average molecular weight is 397 g/mol. The largest absolute Gasteiger partial charge is 0.497 e. The van der Waals surface area contributed by atoms with Gasteiger partial charge in [0.25, 0.3) is 0 Å². The van der Waals surface area contributed by atoms with Crippen LogP contribution in [0.4, 0.5) is 21.5 Å². The van der Waals surface area contributed by atoms with Gasteiger partial charge in [0.15, 0.2) is 0 Å². The minimum Gasteiger partial charge on any atom is -0.497 e. The number of carbonyl (C=O) groups excluding carboxylic acids is 2. The summed E-state index contributed by atoms with van der Waals surface area (Å²) in [5.41, 5.74) is 1.71. The molecular weight excluding hydrogens is 373 g/mol. The Balaban J connectivity index is 1.41. The Morgan fingerprint density at radius 2 is 1.86 bits per heavy atom. The Labute approximate surface area is 169 Å². The fourth-order valence-corrected chi connectivity index (χ4v) is 3.94. The maximum atomic E-state index is 14.5. The number of nitrogens with one attached hydrogen (secondary N) is 1. The third kappa shape index (κ3) is 4.04. The predicted molar refractivity (Wildman–Crippen MR) is 110 cm³/mol. The van der Waals surface area contributed by atoms with Crippen molar-refractivity contribution < 1.29 is 18.7 Å². The van der Waals surface area contributed by atoms with Gasteiger partial charge in [-0.2, -0.15) is 0 Å². The van der Waals surface area contributed by atoms with Gasteiger partial charge in [-0.1, -0.05) is 0 Å². The molecule has 1 N–H and O–H groups in total. The van der Waals surface area contributed by atoms with Crippen LogP contribution >= 0.6 is 0 Å². The van der Waals surface area contributed by atoms with Gasteiger partial charge in [0, 0.05) is 37.4 Å². The number of methoxy groups -OCH3 is 1.